The van der Waals surface area contributed by atoms with E-state index >= 15 is 0 Å². The number of ether oxygens (including phenoxy) is 1. The van der Waals surface area contributed by atoms with E-state index in [9.17, 15) is 4.79 Å². The minimum absolute atomic E-state index is 0.201. The van der Waals surface area contributed by atoms with Crippen molar-refractivity contribution >= 4 is 23.2 Å². The van der Waals surface area contributed by atoms with Crippen molar-refractivity contribution in [2.24, 2.45) is 10.7 Å². The quantitative estimate of drug-likeness (QED) is 0.640. The average molecular weight is 352 g/mol. The van der Waals surface area contributed by atoms with Gasteiger partial charge in [0.15, 0.2) is 5.96 Å². The molecule has 3 rings (SSSR count). The van der Waals surface area contributed by atoms with Crippen LogP contribution in [0.4, 0.5) is 11.4 Å². The second-order valence-corrected chi connectivity index (χ2v) is 6.20. The molecule has 0 radical (unpaired) electrons. The highest BCUT2D eigenvalue weighted by atomic mass is 16.5. The molecule has 136 valence electrons. The molecule has 3 N–H and O–H groups in total. The summed E-state index contributed by atoms with van der Waals surface area (Å²) < 4.78 is 5.28. The van der Waals surface area contributed by atoms with E-state index in [1.54, 1.807) is 7.11 Å². The Balaban J connectivity index is 1.61. The molecule has 6 heteroatoms. The van der Waals surface area contributed by atoms with Crippen molar-refractivity contribution in [2.45, 2.75) is 25.8 Å². The van der Waals surface area contributed by atoms with E-state index < -0.39 is 0 Å². The molecule has 2 aromatic carbocycles. The van der Waals surface area contributed by atoms with Crippen LogP contribution in [0.1, 0.15) is 24.8 Å². The Morgan fingerprint density at radius 3 is 2.69 bits per heavy atom. The number of rotatable bonds is 5. The first-order valence-electron chi connectivity index (χ1n) is 8.76. The van der Waals surface area contributed by atoms with Gasteiger partial charge in [0.1, 0.15) is 5.75 Å². The number of carbonyl (C=O) groups is 1. The lowest BCUT2D eigenvalue weighted by Gasteiger charge is -2.26. The van der Waals surface area contributed by atoms with E-state index in [2.05, 4.69) is 10.3 Å². The lowest BCUT2D eigenvalue weighted by Crippen LogP contribution is -2.35. The number of aliphatic imine (C=N–C) groups is 1. The van der Waals surface area contributed by atoms with E-state index in [0.29, 0.717) is 24.7 Å². The maximum Gasteiger partial charge on any atom is 0.226 e. The van der Waals surface area contributed by atoms with Crippen molar-refractivity contribution in [3.63, 3.8) is 0 Å². The zero-order valence-corrected chi connectivity index (χ0v) is 14.9. The molecule has 0 saturated carbocycles. The third-order valence-corrected chi connectivity index (χ3v) is 4.37. The van der Waals surface area contributed by atoms with Crippen LogP contribution in [-0.4, -0.2) is 25.5 Å². The summed E-state index contributed by atoms with van der Waals surface area (Å²) >= 11 is 0. The summed E-state index contributed by atoms with van der Waals surface area (Å²) in [6, 6.07) is 15.4. The highest BCUT2D eigenvalue weighted by Crippen LogP contribution is 2.23. The van der Waals surface area contributed by atoms with Gasteiger partial charge in [0.05, 0.1) is 19.3 Å². The molecule has 1 fully saturated rings. The Hall–Kier alpha value is -3.02. The zero-order chi connectivity index (χ0) is 18.4. The number of para-hydroxylation sites is 2. The van der Waals surface area contributed by atoms with Crippen LogP contribution in [0.25, 0.3) is 0 Å². The molecule has 2 aromatic rings. The van der Waals surface area contributed by atoms with Crippen LogP contribution < -0.4 is 20.7 Å². The van der Waals surface area contributed by atoms with Crippen molar-refractivity contribution in [2.75, 3.05) is 23.9 Å². The molecule has 1 saturated heterocycles. The molecule has 1 aliphatic rings. The van der Waals surface area contributed by atoms with E-state index in [0.717, 1.165) is 36.3 Å². The number of methoxy groups -OCH3 is 1. The first kappa shape index (κ1) is 17.8. The Morgan fingerprint density at radius 2 is 1.96 bits per heavy atom. The maximum absolute atomic E-state index is 12.0. The first-order chi connectivity index (χ1) is 12.7. The topological polar surface area (TPSA) is 80.0 Å². The number of nitrogens with zero attached hydrogens (tertiary/aromatic N) is 2. The number of benzene rings is 2. The summed E-state index contributed by atoms with van der Waals surface area (Å²) in [7, 11) is 1.61. The van der Waals surface area contributed by atoms with Gasteiger partial charge in [0, 0.05) is 18.7 Å². The summed E-state index contributed by atoms with van der Waals surface area (Å²) in [5.74, 6) is 1.23. The highest BCUT2D eigenvalue weighted by Gasteiger charge is 2.19. The minimum atomic E-state index is 0.201. The molecule has 1 aliphatic heterocycles. The van der Waals surface area contributed by atoms with Crippen LogP contribution >= 0.6 is 0 Å². The molecule has 1 amide bonds. The number of hydrogen-bond acceptors (Lipinski definition) is 3. The summed E-state index contributed by atoms with van der Waals surface area (Å²) in [6.45, 7) is 1.26. The number of nitrogens with two attached hydrogens (primary N) is 1. The predicted molar refractivity (Wildman–Crippen MR) is 105 cm³/mol. The fourth-order valence-corrected chi connectivity index (χ4v) is 2.96. The van der Waals surface area contributed by atoms with Crippen LogP contribution in [0.2, 0.25) is 0 Å². The maximum atomic E-state index is 12.0. The normalized spacial score (nSPS) is 15.0. The predicted octanol–water partition coefficient (Wildman–Crippen LogP) is 3.14. The van der Waals surface area contributed by atoms with Crippen molar-refractivity contribution in [3.8, 4) is 5.75 Å². The number of piperidine rings is 1. The van der Waals surface area contributed by atoms with Crippen LogP contribution in [0.15, 0.2) is 53.5 Å². The molecule has 1 heterocycles. The molecule has 0 unspecified atom stereocenters. The number of hydrogen-bond donors (Lipinski definition) is 2. The van der Waals surface area contributed by atoms with E-state index in [4.69, 9.17) is 10.5 Å². The van der Waals surface area contributed by atoms with Gasteiger partial charge in [-0.15, -0.1) is 0 Å². The fraction of sp³-hybridized carbons (Fsp3) is 0.300. The number of carbonyl (C=O) groups excluding carboxylic acids is 1. The third-order valence-electron chi connectivity index (χ3n) is 4.37. The Labute approximate surface area is 153 Å². The van der Waals surface area contributed by atoms with Crippen LogP contribution in [0, 0.1) is 0 Å². The minimum Gasteiger partial charge on any atom is -0.495 e. The molecule has 0 aromatic heterocycles. The summed E-state index contributed by atoms with van der Waals surface area (Å²) in [6.07, 6.45) is 2.68. The van der Waals surface area contributed by atoms with Gasteiger partial charge in [0.25, 0.3) is 0 Å². The average Bonchev–Trinajstić information content (AvgIpc) is 2.68. The third kappa shape index (κ3) is 4.33. The van der Waals surface area contributed by atoms with Gasteiger partial charge in [-0.3, -0.25) is 4.79 Å². The lowest BCUT2D eigenvalue weighted by molar-refractivity contribution is -0.119. The summed E-state index contributed by atoms with van der Waals surface area (Å²) in [5, 5.41) is 3.05. The Bertz CT molecular complexity index is 787. The Kier molecular flexibility index (Phi) is 5.73. The van der Waals surface area contributed by atoms with Crippen molar-refractivity contribution < 1.29 is 9.53 Å². The van der Waals surface area contributed by atoms with Crippen LogP contribution in [-0.2, 0) is 11.3 Å². The zero-order valence-electron chi connectivity index (χ0n) is 14.9. The SMILES string of the molecule is COc1ccccc1NC(N)=NCc1ccc(N2CCCCC2=O)cc1. The standard InChI is InChI=1S/C20H24N4O2/c1-26-18-7-3-2-6-17(18)23-20(21)22-14-15-9-11-16(12-10-15)24-13-5-4-8-19(24)25/h2-3,6-7,9-12H,4-5,8,13-14H2,1H3,(H3,21,22,23). The smallest absolute Gasteiger partial charge is 0.226 e. The molecular weight excluding hydrogens is 328 g/mol. The van der Waals surface area contributed by atoms with Gasteiger partial charge in [-0.1, -0.05) is 24.3 Å². The first-order valence-corrected chi connectivity index (χ1v) is 8.76. The second-order valence-electron chi connectivity index (χ2n) is 6.20. The van der Waals surface area contributed by atoms with Crippen molar-refractivity contribution in [1.82, 2.24) is 0 Å². The molecule has 0 aliphatic carbocycles. The monoisotopic (exact) mass is 352 g/mol. The Morgan fingerprint density at radius 1 is 1.19 bits per heavy atom. The van der Waals surface area contributed by atoms with E-state index in [1.807, 2.05) is 53.4 Å². The molecule has 0 bridgehead atoms. The van der Waals surface area contributed by atoms with Gasteiger partial charge in [-0.2, -0.15) is 0 Å². The van der Waals surface area contributed by atoms with Crippen LogP contribution in [0.5, 0.6) is 5.75 Å². The van der Waals surface area contributed by atoms with E-state index in [-0.39, 0.29) is 5.91 Å². The molecular formula is C20H24N4O2. The highest BCUT2D eigenvalue weighted by molar-refractivity contribution is 5.94. The number of anilines is 2. The number of nitrogens with one attached hydrogen (secondary N) is 1. The van der Waals surface area contributed by atoms with Gasteiger partial charge in [0.2, 0.25) is 5.91 Å². The summed E-state index contributed by atoms with van der Waals surface area (Å²) in [5.41, 5.74) is 8.72. The van der Waals surface area contributed by atoms with Crippen molar-refractivity contribution in [3.05, 3.63) is 54.1 Å². The summed E-state index contributed by atoms with van der Waals surface area (Å²) in [4.78, 5) is 18.2. The van der Waals surface area contributed by atoms with Gasteiger partial charge >= 0.3 is 0 Å². The molecule has 6 nitrogen and oxygen atoms in total. The van der Waals surface area contributed by atoms with Gasteiger partial charge < -0.3 is 20.7 Å². The lowest BCUT2D eigenvalue weighted by atomic mass is 10.1. The molecule has 0 spiro atoms. The van der Waals surface area contributed by atoms with Crippen molar-refractivity contribution in [1.29, 1.82) is 0 Å². The molecule has 26 heavy (non-hydrogen) atoms. The van der Waals surface area contributed by atoms with E-state index in [1.165, 1.54) is 0 Å². The number of amides is 1. The van der Waals surface area contributed by atoms with Gasteiger partial charge in [-0.25, -0.2) is 4.99 Å². The van der Waals surface area contributed by atoms with Gasteiger partial charge in [-0.05, 0) is 42.7 Å². The van der Waals surface area contributed by atoms with Crippen LogP contribution in [0.3, 0.4) is 0 Å². The molecule has 0 atom stereocenters. The largest absolute Gasteiger partial charge is 0.495 e. The fourth-order valence-electron chi connectivity index (χ4n) is 2.96. The second kappa shape index (κ2) is 8.38. The number of guanidine groups is 1.